The van der Waals surface area contributed by atoms with Crippen LogP contribution in [0, 0.1) is 6.92 Å². The molecule has 4 rings (SSSR count). The summed E-state index contributed by atoms with van der Waals surface area (Å²) in [7, 11) is 0. The molecule has 10 heteroatoms. The van der Waals surface area contributed by atoms with Crippen molar-refractivity contribution in [3.63, 3.8) is 0 Å². The van der Waals surface area contributed by atoms with E-state index in [0.29, 0.717) is 31.6 Å². The van der Waals surface area contributed by atoms with E-state index in [1.807, 2.05) is 36.5 Å². The van der Waals surface area contributed by atoms with Crippen LogP contribution in [0.2, 0.25) is 0 Å². The summed E-state index contributed by atoms with van der Waals surface area (Å²) in [5.74, 6) is -0.463. The molecule has 1 fully saturated rings. The maximum absolute atomic E-state index is 13.2. The van der Waals surface area contributed by atoms with Gasteiger partial charge in [-0.05, 0) is 44.0 Å². The van der Waals surface area contributed by atoms with Gasteiger partial charge in [-0.15, -0.1) is 0 Å². The number of alkyl halides is 3. The molecule has 0 bridgehead atoms. The molecule has 7 nitrogen and oxygen atoms in total. The molecule has 1 saturated heterocycles. The van der Waals surface area contributed by atoms with Gasteiger partial charge in [0.2, 0.25) is 5.91 Å². The van der Waals surface area contributed by atoms with Crippen LogP contribution in [0.1, 0.15) is 42.2 Å². The van der Waals surface area contributed by atoms with E-state index in [4.69, 9.17) is 4.42 Å². The average molecular weight is 462 g/mol. The van der Waals surface area contributed by atoms with Gasteiger partial charge in [0.1, 0.15) is 18.3 Å². The summed E-state index contributed by atoms with van der Waals surface area (Å²) < 4.78 is 43.0. The fourth-order valence-corrected chi connectivity index (χ4v) is 4.23. The summed E-state index contributed by atoms with van der Waals surface area (Å²) in [6.07, 6.45) is -1.46. The van der Waals surface area contributed by atoms with Crippen molar-refractivity contribution in [3.8, 4) is 0 Å². The van der Waals surface area contributed by atoms with Gasteiger partial charge in [-0.3, -0.25) is 14.5 Å². The van der Waals surface area contributed by atoms with Gasteiger partial charge in [0.05, 0.1) is 24.6 Å². The zero-order valence-electron chi connectivity index (χ0n) is 18.1. The Hall–Kier alpha value is -3.14. The number of hydrogen-bond donors (Lipinski definition) is 1. The van der Waals surface area contributed by atoms with Crippen LogP contribution in [0.25, 0.3) is 0 Å². The van der Waals surface area contributed by atoms with Crippen LogP contribution in [0.5, 0.6) is 0 Å². The Morgan fingerprint density at radius 1 is 1.21 bits per heavy atom. The predicted molar refractivity (Wildman–Crippen MR) is 114 cm³/mol. The summed E-state index contributed by atoms with van der Waals surface area (Å²) in [5, 5.41) is 7.87. The molecule has 176 valence electrons. The van der Waals surface area contributed by atoms with Crippen molar-refractivity contribution in [1.82, 2.24) is 15.2 Å². The molecule has 2 atom stereocenters. The first-order chi connectivity index (χ1) is 15.7. The first-order valence-corrected chi connectivity index (χ1v) is 10.8. The number of benzene rings is 1. The molecule has 33 heavy (non-hydrogen) atoms. The molecule has 1 N–H and O–H groups in total. The third kappa shape index (κ3) is 5.44. The molecule has 1 aromatic carbocycles. The quantitative estimate of drug-likeness (QED) is 0.714. The molecule has 0 radical (unpaired) electrons. The first kappa shape index (κ1) is 23.0. The third-order valence-electron chi connectivity index (χ3n) is 5.89. The van der Waals surface area contributed by atoms with Crippen molar-refractivity contribution in [2.75, 3.05) is 19.6 Å². The molecule has 2 aliphatic rings. The number of hydrazone groups is 1. The molecule has 2 unspecified atom stereocenters. The minimum absolute atomic E-state index is 0.119. The first-order valence-electron chi connectivity index (χ1n) is 10.8. The largest absolute Gasteiger partial charge is 0.467 e. The Balaban J connectivity index is 1.49. The lowest BCUT2D eigenvalue weighted by Crippen LogP contribution is -2.48. The standard InChI is InChI=1S/C23H25F3N4O3/c1-15-6-8-16(9-7-15)17-12-19(20-5-3-11-33-20)30(28-17)21(31)13-29-10-2-4-18(29)22(32)27-14-23(24,25)26/h3,5-9,11,18-19H,2,4,10,12-14H2,1H3,(H,27,32). The van der Waals surface area contributed by atoms with E-state index in [1.165, 1.54) is 11.3 Å². The van der Waals surface area contributed by atoms with Crippen LogP contribution in [-0.2, 0) is 9.59 Å². The lowest BCUT2D eigenvalue weighted by Gasteiger charge is -2.26. The Morgan fingerprint density at radius 2 is 1.97 bits per heavy atom. The van der Waals surface area contributed by atoms with E-state index in [-0.39, 0.29) is 12.5 Å². The summed E-state index contributed by atoms with van der Waals surface area (Å²) in [5.41, 5.74) is 2.75. The second-order valence-electron chi connectivity index (χ2n) is 8.35. The predicted octanol–water partition coefficient (Wildman–Crippen LogP) is 3.41. The highest BCUT2D eigenvalue weighted by Gasteiger charge is 2.39. The number of furan rings is 1. The third-order valence-corrected chi connectivity index (χ3v) is 5.89. The Kier molecular flexibility index (Phi) is 6.55. The number of nitrogens with one attached hydrogen (secondary N) is 1. The highest BCUT2D eigenvalue weighted by atomic mass is 19.4. The molecule has 0 spiro atoms. The Morgan fingerprint density at radius 3 is 2.64 bits per heavy atom. The van der Waals surface area contributed by atoms with Gasteiger partial charge in [0, 0.05) is 6.42 Å². The lowest BCUT2D eigenvalue weighted by molar-refractivity contribution is -0.142. The van der Waals surface area contributed by atoms with E-state index < -0.39 is 30.7 Å². The van der Waals surface area contributed by atoms with E-state index >= 15 is 0 Å². The summed E-state index contributed by atoms with van der Waals surface area (Å²) >= 11 is 0. The van der Waals surface area contributed by atoms with Crippen LogP contribution in [0.4, 0.5) is 13.2 Å². The second-order valence-corrected chi connectivity index (χ2v) is 8.35. The van der Waals surface area contributed by atoms with Crippen molar-refractivity contribution in [2.24, 2.45) is 5.10 Å². The van der Waals surface area contributed by atoms with Crippen molar-refractivity contribution in [3.05, 3.63) is 59.5 Å². The van der Waals surface area contributed by atoms with Gasteiger partial charge >= 0.3 is 6.18 Å². The van der Waals surface area contributed by atoms with Gasteiger partial charge in [-0.2, -0.15) is 18.3 Å². The van der Waals surface area contributed by atoms with Crippen LogP contribution in [0.15, 0.2) is 52.2 Å². The highest BCUT2D eigenvalue weighted by Crippen LogP contribution is 2.33. The van der Waals surface area contributed by atoms with E-state index in [2.05, 4.69) is 5.10 Å². The van der Waals surface area contributed by atoms with Crippen LogP contribution < -0.4 is 5.32 Å². The number of hydrogen-bond acceptors (Lipinski definition) is 5. The Bertz CT molecular complexity index is 1020. The van der Waals surface area contributed by atoms with Gasteiger partial charge in [-0.25, -0.2) is 5.01 Å². The smallest absolute Gasteiger partial charge is 0.405 e. The number of aryl methyl sites for hydroxylation is 1. The van der Waals surface area contributed by atoms with E-state index in [9.17, 15) is 22.8 Å². The number of halogens is 3. The van der Waals surface area contributed by atoms with Crippen molar-refractivity contribution >= 4 is 17.5 Å². The SMILES string of the molecule is Cc1ccc(C2=NN(C(=O)CN3CCCC3C(=O)NCC(F)(F)F)C(c3ccco3)C2)cc1. The molecular formula is C23H25F3N4O3. The number of amides is 2. The summed E-state index contributed by atoms with van der Waals surface area (Å²) in [6.45, 7) is 0.926. The molecule has 2 amide bonds. The van der Waals surface area contributed by atoms with Gasteiger partial charge < -0.3 is 9.73 Å². The number of rotatable bonds is 6. The maximum Gasteiger partial charge on any atom is 0.405 e. The number of likely N-dealkylation sites (tertiary alicyclic amines) is 1. The van der Waals surface area contributed by atoms with E-state index in [0.717, 1.165) is 16.8 Å². The average Bonchev–Trinajstić information content (AvgIpc) is 3.52. The highest BCUT2D eigenvalue weighted by molar-refractivity contribution is 6.03. The minimum atomic E-state index is -4.48. The van der Waals surface area contributed by atoms with Crippen molar-refractivity contribution < 1.29 is 27.2 Å². The van der Waals surface area contributed by atoms with Gasteiger partial charge in [0.25, 0.3) is 5.91 Å². The monoisotopic (exact) mass is 462 g/mol. The van der Waals surface area contributed by atoms with E-state index in [1.54, 1.807) is 17.0 Å². The molecule has 3 heterocycles. The molecule has 2 aliphatic heterocycles. The van der Waals surface area contributed by atoms with Gasteiger partial charge in [-0.1, -0.05) is 29.8 Å². The second kappa shape index (κ2) is 9.38. The fourth-order valence-electron chi connectivity index (χ4n) is 4.23. The Labute approximate surface area is 189 Å². The molecular weight excluding hydrogens is 437 g/mol. The molecule has 2 aromatic rings. The van der Waals surface area contributed by atoms with Crippen LogP contribution in [-0.4, -0.2) is 59.3 Å². The van der Waals surface area contributed by atoms with Crippen molar-refractivity contribution in [2.45, 2.75) is 44.4 Å². The number of carbonyl (C=O) groups is 2. The zero-order chi connectivity index (χ0) is 23.6. The zero-order valence-corrected chi connectivity index (χ0v) is 18.1. The topological polar surface area (TPSA) is 78.2 Å². The number of nitrogens with zero attached hydrogens (tertiary/aromatic N) is 3. The lowest BCUT2D eigenvalue weighted by atomic mass is 10.0. The fraction of sp³-hybridized carbons (Fsp3) is 0.435. The minimum Gasteiger partial charge on any atom is -0.467 e. The van der Waals surface area contributed by atoms with Crippen LogP contribution in [0.3, 0.4) is 0 Å². The summed E-state index contributed by atoms with van der Waals surface area (Å²) in [4.78, 5) is 27.2. The summed E-state index contributed by atoms with van der Waals surface area (Å²) in [6, 6.07) is 10.2. The normalized spacial score (nSPS) is 21.3. The molecule has 0 saturated carbocycles. The molecule has 1 aromatic heterocycles. The van der Waals surface area contributed by atoms with Gasteiger partial charge in [0.15, 0.2) is 0 Å². The van der Waals surface area contributed by atoms with Crippen molar-refractivity contribution in [1.29, 1.82) is 0 Å². The molecule has 0 aliphatic carbocycles. The number of carbonyl (C=O) groups excluding carboxylic acids is 2. The maximum atomic E-state index is 13.2. The van der Waals surface area contributed by atoms with Crippen LogP contribution >= 0.6 is 0 Å².